The van der Waals surface area contributed by atoms with E-state index >= 15 is 0 Å². The molecule has 12 heteroatoms. The van der Waals surface area contributed by atoms with E-state index in [2.05, 4.69) is 25.6 Å². The largest absolute Gasteiger partial charge is 0.573 e. The van der Waals surface area contributed by atoms with Crippen molar-refractivity contribution in [2.45, 2.75) is 24.9 Å². The molecule has 2 atom stereocenters. The molecule has 2 unspecified atom stereocenters. The van der Waals surface area contributed by atoms with E-state index in [1.807, 2.05) is 35.2 Å². The number of nitrogens with one attached hydrogen (secondary N) is 2. The molecule has 192 valence electrons. The number of carbonyl (C=O) groups is 2. The number of rotatable bonds is 7. The van der Waals surface area contributed by atoms with Crippen molar-refractivity contribution in [2.24, 2.45) is 0 Å². The van der Waals surface area contributed by atoms with Gasteiger partial charge in [-0.1, -0.05) is 30.3 Å². The van der Waals surface area contributed by atoms with Gasteiger partial charge >= 0.3 is 6.36 Å². The number of halogens is 3. The highest BCUT2D eigenvalue weighted by Crippen LogP contribution is 2.32. The van der Waals surface area contributed by atoms with Gasteiger partial charge in [-0.2, -0.15) is 0 Å². The summed E-state index contributed by atoms with van der Waals surface area (Å²) in [6, 6.07) is 15.9. The van der Waals surface area contributed by atoms with E-state index in [9.17, 15) is 22.8 Å². The van der Waals surface area contributed by atoms with Gasteiger partial charge in [-0.15, -0.1) is 23.4 Å². The van der Waals surface area contributed by atoms with E-state index in [0.717, 1.165) is 30.2 Å². The zero-order valence-electron chi connectivity index (χ0n) is 19.4. The number of ether oxygens (including phenoxy) is 2. The molecule has 5 rings (SSSR count). The Morgan fingerprint density at radius 3 is 2.51 bits per heavy atom. The van der Waals surface area contributed by atoms with Crippen LogP contribution in [0.1, 0.15) is 16.8 Å². The van der Waals surface area contributed by atoms with Crippen LogP contribution in [0.2, 0.25) is 0 Å². The Labute approximate surface area is 209 Å². The average Bonchev–Trinajstić information content (AvgIpc) is 3.49. The van der Waals surface area contributed by atoms with E-state index in [1.54, 1.807) is 12.1 Å². The molecule has 0 saturated carbocycles. The van der Waals surface area contributed by atoms with Crippen LogP contribution >= 0.6 is 0 Å². The minimum Gasteiger partial charge on any atom is -0.404 e. The summed E-state index contributed by atoms with van der Waals surface area (Å²) < 4.78 is 48.4. The van der Waals surface area contributed by atoms with Crippen molar-refractivity contribution >= 4 is 23.3 Å². The Morgan fingerprint density at radius 2 is 1.86 bits per heavy atom. The van der Waals surface area contributed by atoms with Crippen LogP contribution in [0, 0.1) is 0 Å². The predicted molar refractivity (Wildman–Crippen MR) is 127 cm³/mol. The third-order valence-corrected chi connectivity index (χ3v) is 6.08. The van der Waals surface area contributed by atoms with E-state index in [0.29, 0.717) is 18.8 Å². The molecule has 3 aromatic rings. The molecule has 37 heavy (non-hydrogen) atoms. The van der Waals surface area contributed by atoms with Gasteiger partial charge in [0.15, 0.2) is 11.6 Å². The van der Waals surface area contributed by atoms with Crippen LogP contribution in [0.3, 0.4) is 0 Å². The number of morpholine rings is 1. The summed E-state index contributed by atoms with van der Waals surface area (Å²) in [4.78, 5) is 27.3. The van der Waals surface area contributed by atoms with Crippen molar-refractivity contribution in [2.75, 3.05) is 30.3 Å². The number of aromatic nitrogens is 2. The fourth-order valence-corrected chi connectivity index (χ4v) is 4.38. The number of carbonyl (C=O) groups excluding carboxylic acids is 2. The van der Waals surface area contributed by atoms with Crippen LogP contribution in [0.5, 0.6) is 5.75 Å². The Balaban J connectivity index is 1.29. The van der Waals surface area contributed by atoms with Gasteiger partial charge in [-0.05, 0) is 36.8 Å². The molecule has 2 aliphatic heterocycles. The van der Waals surface area contributed by atoms with Crippen LogP contribution in [-0.4, -0.2) is 65.1 Å². The average molecular weight is 513 g/mol. The molecule has 2 N–H and O–H groups in total. The monoisotopic (exact) mass is 513 g/mol. The Hall–Kier alpha value is -4.03. The van der Waals surface area contributed by atoms with Gasteiger partial charge in [-0.3, -0.25) is 14.5 Å². The first-order chi connectivity index (χ1) is 17.7. The second kappa shape index (κ2) is 10.1. The maximum absolute atomic E-state index is 12.9. The summed E-state index contributed by atoms with van der Waals surface area (Å²) in [5, 5.41) is 13.1. The summed E-state index contributed by atoms with van der Waals surface area (Å²) in [6.07, 6.45) is -4.09. The highest BCUT2D eigenvalue weighted by molar-refractivity contribution is 6.05. The molecule has 2 amide bonds. The normalized spacial score (nSPS) is 19.0. The number of likely N-dealkylation sites (tertiary alicyclic amines) is 1. The van der Waals surface area contributed by atoms with Gasteiger partial charge in [0.1, 0.15) is 0 Å². The molecule has 0 radical (unpaired) electrons. The summed E-state index contributed by atoms with van der Waals surface area (Å²) in [5.41, 5.74) is 1.17. The molecular weight excluding hydrogens is 491 g/mol. The number of fused-ring (bicyclic) bond motifs is 2. The van der Waals surface area contributed by atoms with Gasteiger partial charge < -0.3 is 20.1 Å². The number of nitrogens with zero attached hydrogens (tertiary/aromatic N) is 3. The molecule has 2 fully saturated rings. The molecule has 0 spiro atoms. The predicted octanol–water partition coefficient (Wildman–Crippen LogP) is 3.71. The van der Waals surface area contributed by atoms with Crippen molar-refractivity contribution in [1.82, 2.24) is 15.1 Å². The number of anilines is 2. The smallest absolute Gasteiger partial charge is 0.404 e. The molecule has 2 aromatic carbocycles. The van der Waals surface area contributed by atoms with Gasteiger partial charge in [0.25, 0.3) is 5.91 Å². The molecule has 2 bridgehead atoms. The quantitative estimate of drug-likeness (QED) is 0.496. The first kappa shape index (κ1) is 24.7. The Bertz CT molecular complexity index is 1290. The number of benzene rings is 2. The van der Waals surface area contributed by atoms with E-state index in [-0.39, 0.29) is 35.8 Å². The van der Waals surface area contributed by atoms with Crippen LogP contribution in [0.15, 0.2) is 60.7 Å². The number of hydrogen-bond donors (Lipinski definition) is 2. The zero-order chi connectivity index (χ0) is 26.0. The third kappa shape index (κ3) is 6.04. The number of amides is 2. The van der Waals surface area contributed by atoms with E-state index < -0.39 is 23.9 Å². The molecule has 3 heterocycles. The lowest BCUT2D eigenvalue weighted by atomic mass is 10.1. The molecule has 2 saturated heterocycles. The lowest BCUT2D eigenvalue weighted by molar-refractivity contribution is -0.274. The molecule has 0 aliphatic carbocycles. The van der Waals surface area contributed by atoms with Crippen molar-refractivity contribution in [1.29, 1.82) is 0 Å². The molecule has 1 aromatic heterocycles. The lowest BCUT2D eigenvalue weighted by Gasteiger charge is -2.26. The van der Waals surface area contributed by atoms with Crippen molar-refractivity contribution in [3.8, 4) is 17.0 Å². The first-order valence-corrected chi connectivity index (χ1v) is 11.5. The van der Waals surface area contributed by atoms with Crippen LogP contribution in [0.25, 0.3) is 11.3 Å². The van der Waals surface area contributed by atoms with E-state index in [1.165, 1.54) is 0 Å². The summed E-state index contributed by atoms with van der Waals surface area (Å²) in [6.45, 7) is 1.08. The first-order valence-electron chi connectivity index (χ1n) is 11.5. The highest BCUT2D eigenvalue weighted by atomic mass is 19.4. The minimum absolute atomic E-state index is 0.00705. The molecule has 9 nitrogen and oxygen atoms in total. The van der Waals surface area contributed by atoms with E-state index in [4.69, 9.17) is 4.74 Å². The molecule has 2 aliphatic rings. The lowest BCUT2D eigenvalue weighted by Crippen LogP contribution is -2.41. The number of alkyl halides is 3. The van der Waals surface area contributed by atoms with Crippen LogP contribution in [0.4, 0.5) is 24.7 Å². The fraction of sp³-hybridized carbons (Fsp3) is 0.280. The van der Waals surface area contributed by atoms with Gasteiger partial charge in [-0.25, -0.2) is 0 Å². The Morgan fingerprint density at radius 1 is 1.05 bits per heavy atom. The molecular formula is C25H22F3N5O4. The highest BCUT2D eigenvalue weighted by Gasteiger charge is 2.39. The van der Waals surface area contributed by atoms with Crippen molar-refractivity contribution < 1.29 is 32.2 Å². The minimum atomic E-state index is -4.98. The SMILES string of the molecule is O=C(CN1CC2CC1CO2)Nc1cc(C(=O)Nc2ccc(-c3ccccc3)nn2)ccc1OC(F)(F)F. The van der Waals surface area contributed by atoms with Gasteiger partial charge in [0.05, 0.1) is 30.6 Å². The van der Waals surface area contributed by atoms with Crippen LogP contribution in [-0.2, 0) is 9.53 Å². The van der Waals surface area contributed by atoms with Crippen molar-refractivity contribution in [3.05, 3.63) is 66.2 Å². The standard InChI is InChI=1S/C25H22F3N5O4/c26-25(27,28)37-21-8-6-16(10-20(21)29-23(34)13-33-12-18-11-17(33)14-36-18)24(35)30-22-9-7-19(31-32-22)15-4-2-1-3-5-15/h1-10,17-18H,11-14H2,(H,29,34)(H,30,32,35). The Kier molecular flexibility index (Phi) is 6.76. The summed E-state index contributed by atoms with van der Waals surface area (Å²) in [7, 11) is 0. The fourth-order valence-electron chi connectivity index (χ4n) is 4.38. The van der Waals surface area contributed by atoms with Crippen molar-refractivity contribution in [3.63, 3.8) is 0 Å². The maximum atomic E-state index is 12.9. The maximum Gasteiger partial charge on any atom is 0.573 e. The zero-order valence-corrected chi connectivity index (χ0v) is 19.4. The second-order valence-corrected chi connectivity index (χ2v) is 8.71. The topological polar surface area (TPSA) is 106 Å². The summed E-state index contributed by atoms with van der Waals surface area (Å²) >= 11 is 0. The van der Waals surface area contributed by atoms with Gasteiger partial charge in [0.2, 0.25) is 5.91 Å². The second-order valence-electron chi connectivity index (χ2n) is 8.71. The third-order valence-electron chi connectivity index (χ3n) is 6.08. The van der Waals surface area contributed by atoms with Gasteiger partial charge in [0, 0.05) is 23.7 Å². The van der Waals surface area contributed by atoms with Crippen LogP contribution < -0.4 is 15.4 Å². The summed E-state index contributed by atoms with van der Waals surface area (Å²) in [5.74, 6) is -1.66. The number of hydrogen-bond acceptors (Lipinski definition) is 7.